The van der Waals surface area contributed by atoms with Gasteiger partial charge in [0.1, 0.15) is 5.78 Å². The van der Waals surface area contributed by atoms with E-state index in [0.717, 1.165) is 19.3 Å². The van der Waals surface area contributed by atoms with E-state index < -0.39 is 0 Å². The first-order valence-corrected chi connectivity index (χ1v) is 4.80. The Morgan fingerprint density at radius 1 is 1.67 bits per heavy atom. The fraction of sp³-hybridized carbons (Fsp3) is 0.727. The highest BCUT2D eigenvalue weighted by Crippen LogP contribution is 2.36. The van der Waals surface area contributed by atoms with Gasteiger partial charge in [-0.15, -0.1) is 6.58 Å². The van der Waals surface area contributed by atoms with E-state index in [9.17, 15) is 4.79 Å². The zero-order valence-electron chi connectivity index (χ0n) is 8.05. The monoisotopic (exact) mass is 166 g/mol. The Bertz CT molecular complexity index is 181. The standard InChI is InChI=1S/C11H18O/c1-4-5-10-9(8(2)3)6-7-11(10)12/h4,8-10H,1,5-7H2,2-3H3. The first-order valence-electron chi connectivity index (χ1n) is 4.80. The van der Waals surface area contributed by atoms with E-state index in [2.05, 4.69) is 20.4 Å². The van der Waals surface area contributed by atoms with Crippen molar-refractivity contribution in [2.45, 2.75) is 33.1 Å². The van der Waals surface area contributed by atoms with E-state index in [4.69, 9.17) is 0 Å². The third-order valence-electron chi connectivity index (χ3n) is 2.93. The topological polar surface area (TPSA) is 17.1 Å². The van der Waals surface area contributed by atoms with Crippen molar-refractivity contribution in [1.29, 1.82) is 0 Å². The molecule has 0 heterocycles. The van der Waals surface area contributed by atoms with Gasteiger partial charge in [0.2, 0.25) is 0 Å². The number of hydrogen-bond acceptors (Lipinski definition) is 1. The second-order valence-electron chi connectivity index (χ2n) is 4.04. The van der Waals surface area contributed by atoms with Gasteiger partial charge in [-0.2, -0.15) is 0 Å². The summed E-state index contributed by atoms with van der Waals surface area (Å²) in [6, 6.07) is 0. The summed E-state index contributed by atoms with van der Waals surface area (Å²) in [4.78, 5) is 11.4. The fourth-order valence-corrected chi connectivity index (χ4v) is 2.22. The van der Waals surface area contributed by atoms with E-state index in [1.54, 1.807) is 0 Å². The van der Waals surface area contributed by atoms with Gasteiger partial charge in [0.25, 0.3) is 0 Å². The zero-order chi connectivity index (χ0) is 9.14. The largest absolute Gasteiger partial charge is 0.299 e. The van der Waals surface area contributed by atoms with Gasteiger partial charge in [-0.25, -0.2) is 0 Å². The van der Waals surface area contributed by atoms with Crippen LogP contribution in [0, 0.1) is 17.8 Å². The molecule has 1 fully saturated rings. The quantitative estimate of drug-likeness (QED) is 0.589. The normalized spacial score (nSPS) is 29.8. The maximum atomic E-state index is 11.4. The first-order chi connectivity index (χ1) is 5.66. The SMILES string of the molecule is C=CCC1C(=O)CCC1C(C)C. The molecule has 0 aliphatic heterocycles. The van der Waals surface area contributed by atoms with Gasteiger partial charge in [0.05, 0.1) is 0 Å². The molecule has 2 atom stereocenters. The van der Waals surface area contributed by atoms with Crippen molar-refractivity contribution in [2.24, 2.45) is 17.8 Å². The number of carbonyl (C=O) groups is 1. The van der Waals surface area contributed by atoms with Crippen LogP contribution in [-0.4, -0.2) is 5.78 Å². The molecule has 0 radical (unpaired) electrons. The molecule has 12 heavy (non-hydrogen) atoms. The van der Waals surface area contributed by atoms with Crippen LogP contribution in [0.3, 0.4) is 0 Å². The fourth-order valence-electron chi connectivity index (χ4n) is 2.22. The summed E-state index contributed by atoms with van der Waals surface area (Å²) in [5, 5.41) is 0. The van der Waals surface area contributed by atoms with Crippen molar-refractivity contribution in [1.82, 2.24) is 0 Å². The molecule has 0 bridgehead atoms. The van der Waals surface area contributed by atoms with Crippen molar-refractivity contribution in [3.63, 3.8) is 0 Å². The van der Waals surface area contributed by atoms with Gasteiger partial charge < -0.3 is 0 Å². The van der Waals surface area contributed by atoms with Crippen LogP contribution in [0.4, 0.5) is 0 Å². The van der Waals surface area contributed by atoms with Gasteiger partial charge >= 0.3 is 0 Å². The molecule has 1 heteroatoms. The lowest BCUT2D eigenvalue weighted by Gasteiger charge is -2.20. The maximum absolute atomic E-state index is 11.4. The molecule has 0 spiro atoms. The minimum Gasteiger partial charge on any atom is -0.299 e. The number of Topliss-reactive ketones (excluding diaryl/α,β-unsaturated/α-hetero) is 1. The highest BCUT2D eigenvalue weighted by atomic mass is 16.1. The van der Waals surface area contributed by atoms with Crippen molar-refractivity contribution in [3.8, 4) is 0 Å². The van der Waals surface area contributed by atoms with Gasteiger partial charge in [-0.3, -0.25) is 4.79 Å². The van der Waals surface area contributed by atoms with Gasteiger partial charge in [0, 0.05) is 12.3 Å². The smallest absolute Gasteiger partial charge is 0.136 e. The summed E-state index contributed by atoms with van der Waals surface area (Å²) < 4.78 is 0. The Labute approximate surface area is 74.9 Å². The number of allylic oxidation sites excluding steroid dienone is 1. The molecule has 0 aromatic carbocycles. The predicted octanol–water partition coefficient (Wildman–Crippen LogP) is 2.81. The lowest BCUT2D eigenvalue weighted by molar-refractivity contribution is -0.121. The number of hydrogen-bond donors (Lipinski definition) is 0. The van der Waals surface area contributed by atoms with Gasteiger partial charge in [0.15, 0.2) is 0 Å². The molecule has 1 aliphatic carbocycles. The third kappa shape index (κ3) is 1.77. The second kappa shape index (κ2) is 3.88. The molecular formula is C11H18O. The molecule has 68 valence electrons. The van der Waals surface area contributed by atoms with E-state index in [0.29, 0.717) is 17.6 Å². The van der Waals surface area contributed by atoms with Gasteiger partial charge in [-0.05, 0) is 24.7 Å². The van der Waals surface area contributed by atoms with Crippen LogP contribution >= 0.6 is 0 Å². The summed E-state index contributed by atoms with van der Waals surface area (Å²) >= 11 is 0. The Morgan fingerprint density at radius 3 is 2.83 bits per heavy atom. The Morgan fingerprint density at radius 2 is 2.33 bits per heavy atom. The highest BCUT2D eigenvalue weighted by Gasteiger charge is 2.34. The van der Waals surface area contributed by atoms with Crippen molar-refractivity contribution in [3.05, 3.63) is 12.7 Å². The number of ketones is 1. The molecule has 1 nitrogen and oxygen atoms in total. The Balaban J connectivity index is 2.63. The van der Waals surface area contributed by atoms with Crippen molar-refractivity contribution >= 4 is 5.78 Å². The molecule has 2 unspecified atom stereocenters. The Hall–Kier alpha value is -0.590. The zero-order valence-corrected chi connectivity index (χ0v) is 8.05. The summed E-state index contributed by atoms with van der Waals surface area (Å²) in [5.74, 6) is 1.98. The molecule has 1 aliphatic rings. The lowest BCUT2D eigenvalue weighted by atomic mass is 9.84. The van der Waals surface area contributed by atoms with E-state index >= 15 is 0 Å². The molecule has 1 rings (SSSR count). The average Bonchev–Trinajstić information content (AvgIpc) is 2.34. The van der Waals surface area contributed by atoms with Crippen LogP contribution in [0.1, 0.15) is 33.1 Å². The maximum Gasteiger partial charge on any atom is 0.136 e. The van der Waals surface area contributed by atoms with Crippen molar-refractivity contribution < 1.29 is 4.79 Å². The molecule has 0 saturated heterocycles. The molecule has 0 N–H and O–H groups in total. The highest BCUT2D eigenvalue weighted by molar-refractivity contribution is 5.83. The van der Waals surface area contributed by atoms with Crippen LogP contribution in [0.15, 0.2) is 12.7 Å². The average molecular weight is 166 g/mol. The Kier molecular flexibility index (Phi) is 3.07. The molecule has 0 aromatic heterocycles. The van der Waals surface area contributed by atoms with E-state index in [1.165, 1.54) is 0 Å². The molecule has 0 aromatic rings. The first kappa shape index (κ1) is 9.50. The van der Waals surface area contributed by atoms with Gasteiger partial charge in [-0.1, -0.05) is 19.9 Å². The summed E-state index contributed by atoms with van der Waals surface area (Å²) in [6.07, 6.45) is 4.64. The lowest BCUT2D eigenvalue weighted by Crippen LogP contribution is -2.18. The minimum absolute atomic E-state index is 0.280. The third-order valence-corrected chi connectivity index (χ3v) is 2.93. The minimum atomic E-state index is 0.280. The number of rotatable bonds is 3. The summed E-state index contributed by atoms with van der Waals surface area (Å²) in [7, 11) is 0. The molecular weight excluding hydrogens is 148 g/mol. The molecule has 0 amide bonds. The second-order valence-corrected chi connectivity index (χ2v) is 4.04. The predicted molar refractivity (Wildman–Crippen MR) is 50.9 cm³/mol. The van der Waals surface area contributed by atoms with E-state index in [-0.39, 0.29) is 5.92 Å². The van der Waals surface area contributed by atoms with E-state index in [1.807, 2.05) is 6.08 Å². The van der Waals surface area contributed by atoms with Crippen molar-refractivity contribution in [2.75, 3.05) is 0 Å². The number of carbonyl (C=O) groups excluding carboxylic acids is 1. The van der Waals surface area contributed by atoms with Crippen LogP contribution in [0.5, 0.6) is 0 Å². The summed E-state index contributed by atoms with van der Waals surface area (Å²) in [6.45, 7) is 8.12. The molecule has 1 saturated carbocycles. The van der Waals surface area contributed by atoms with Crippen LogP contribution in [-0.2, 0) is 4.79 Å². The van der Waals surface area contributed by atoms with Crippen LogP contribution < -0.4 is 0 Å². The van der Waals surface area contributed by atoms with Crippen LogP contribution in [0.25, 0.3) is 0 Å². The summed E-state index contributed by atoms with van der Waals surface area (Å²) in [5.41, 5.74) is 0. The van der Waals surface area contributed by atoms with Crippen LogP contribution in [0.2, 0.25) is 0 Å².